The van der Waals surface area contributed by atoms with Gasteiger partial charge in [-0.1, -0.05) is 46.3 Å². The Morgan fingerprint density at radius 3 is 2.30 bits per heavy atom. The fraction of sp³-hybridized carbons (Fsp3) is 0. The molecular weight excluding hydrogens is 443 g/mol. The minimum atomic E-state index is -0.272. The van der Waals surface area contributed by atoms with Crippen molar-refractivity contribution in [1.29, 1.82) is 0 Å². The molecule has 146 valence electrons. The van der Waals surface area contributed by atoms with E-state index in [2.05, 4.69) is 43.3 Å². The summed E-state index contributed by atoms with van der Waals surface area (Å²) in [5.74, 6) is 0.438. The molecule has 0 aliphatic heterocycles. The van der Waals surface area contributed by atoms with Crippen LogP contribution in [0.15, 0.2) is 95.9 Å². The molecule has 0 spiro atoms. The molecule has 6 heteroatoms. The molecule has 0 saturated heterocycles. The largest absolute Gasteiger partial charge is 0.340 e. The van der Waals surface area contributed by atoms with Crippen LogP contribution in [-0.4, -0.2) is 14.5 Å². The van der Waals surface area contributed by atoms with Crippen molar-refractivity contribution in [1.82, 2.24) is 14.5 Å². The zero-order valence-electron chi connectivity index (χ0n) is 15.8. The average Bonchev–Trinajstić information content (AvgIpc) is 3.17. The van der Waals surface area contributed by atoms with Crippen LogP contribution in [0.1, 0.15) is 0 Å². The van der Waals surface area contributed by atoms with E-state index < -0.39 is 0 Å². The summed E-state index contributed by atoms with van der Waals surface area (Å²) in [7, 11) is 0. The molecule has 0 amide bonds. The molecule has 0 unspecified atom stereocenters. The third-order valence-corrected chi connectivity index (χ3v) is 5.41. The number of rotatable bonds is 4. The van der Waals surface area contributed by atoms with Gasteiger partial charge >= 0.3 is 0 Å². The van der Waals surface area contributed by atoms with E-state index >= 15 is 0 Å². The van der Waals surface area contributed by atoms with Crippen molar-refractivity contribution < 1.29 is 4.39 Å². The second-order valence-corrected chi connectivity index (χ2v) is 7.72. The Morgan fingerprint density at radius 1 is 0.833 bits per heavy atom. The molecule has 0 radical (unpaired) electrons. The monoisotopic (exact) mass is 458 g/mol. The summed E-state index contributed by atoms with van der Waals surface area (Å²) >= 11 is 3.46. The summed E-state index contributed by atoms with van der Waals surface area (Å²) in [5, 5.41) is 4.31. The maximum Gasteiger partial charge on any atom is 0.150 e. The number of anilines is 2. The zero-order chi connectivity index (χ0) is 20.5. The highest BCUT2D eigenvalue weighted by atomic mass is 79.9. The van der Waals surface area contributed by atoms with Crippen LogP contribution in [0.5, 0.6) is 0 Å². The van der Waals surface area contributed by atoms with Crippen LogP contribution >= 0.6 is 15.9 Å². The molecule has 2 heterocycles. The van der Waals surface area contributed by atoms with Crippen molar-refractivity contribution in [2.45, 2.75) is 0 Å². The Balaban J connectivity index is 1.73. The van der Waals surface area contributed by atoms with E-state index in [0.29, 0.717) is 5.82 Å². The van der Waals surface area contributed by atoms with Crippen LogP contribution in [0.2, 0.25) is 0 Å². The van der Waals surface area contributed by atoms with Crippen molar-refractivity contribution in [3.05, 3.63) is 102 Å². The topological polar surface area (TPSA) is 42.7 Å². The quantitative estimate of drug-likeness (QED) is 0.324. The van der Waals surface area contributed by atoms with Gasteiger partial charge < -0.3 is 9.88 Å². The van der Waals surface area contributed by atoms with Crippen LogP contribution in [0.25, 0.3) is 27.8 Å². The van der Waals surface area contributed by atoms with Gasteiger partial charge in [-0.15, -0.1) is 0 Å². The first kappa shape index (κ1) is 18.5. The fourth-order valence-electron chi connectivity index (χ4n) is 3.46. The first-order valence-corrected chi connectivity index (χ1v) is 10.2. The molecule has 5 rings (SSSR count). The van der Waals surface area contributed by atoms with Crippen molar-refractivity contribution >= 4 is 38.5 Å². The lowest BCUT2D eigenvalue weighted by Crippen LogP contribution is -1.98. The number of fused-ring (bicyclic) bond motifs is 1. The minimum Gasteiger partial charge on any atom is -0.340 e. The van der Waals surface area contributed by atoms with Gasteiger partial charge in [0.2, 0.25) is 0 Å². The summed E-state index contributed by atoms with van der Waals surface area (Å²) in [5.41, 5.74) is 4.55. The van der Waals surface area contributed by atoms with E-state index in [1.54, 1.807) is 18.5 Å². The normalized spacial score (nSPS) is 11.0. The van der Waals surface area contributed by atoms with Crippen LogP contribution in [0.3, 0.4) is 0 Å². The predicted octanol–water partition coefficient (Wildman–Crippen LogP) is 6.73. The standard InChI is InChI=1S/C24H16BrFN4/c25-17-6-10-19(11-7-17)29-23-22-21(16-4-2-1-3-5-16)14-30(24(22)28-15-27-23)20-12-8-18(26)9-13-20/h1-15H,(H,27,28,29). The third kappa shape index (κ3) is 3.46. The number of hydrogen-bond acceptors (Lipinski definition) is 3. The smallest absolute Gasteiger partial charge is 0.150 e. The van der Waals surface area contributed by atoms with Crippen molar-refractivity contribution in [2.24, 2.45) is 0 Å². The van der Waals surface area contributed by atoms with Gasteiger partial charge in [0, 0.05) is 27.6 Å². The molecule has 3 aromatic carbocycles. The van der Waals surface area contributed by atoms with Gasteiger partial charge in [-0.25, -0.2) is 14.4 Å². The molecule has 4 nitrogen and oxygen atoms in total. The van der Waals surface area contributed by atoms with Gasteiger partial charge in [-0.3, -0.25) is 0 Å². The molecule has 0 atom stereocenters. The SMILES string of the molecule is Fc1ccc(-n2cc(-c3ccccc3)c3c(Nc4ccc(Br)cc4)ncnc32)cc1. The number of aromatic nitrogens is 3. The van der Waals surface area contributed by atoms with Gasteiger partial charge in [-0.05, 0) is 54.1 Å². The highest BCUT2D eigenvalue weighted by Gasteiger charge is 2.17. The first-order valence-electron chi connectivity index (χ1n) is 9.39. The number of hydrogen-bond donors (Lipinski definition) is 1. The van der Waals surface area contributed by atoms with E-state index in [4.69, 9.17) is 0 Å². The van der Waals surface area contributed by atoms with Crippen LogP contribution in [0, 0.1) is 5.82 Å². The molecular formula is C24H16BrFN4. The predicted molar refractivity (Wildman–Crippen MR) is 122 cm³/mol. The summed E-state index contributed by atoms with van der Waals surface area (Å²) < 4.78 is 16.4. The Kier molecular flexibility index (Phi) is 4.77. The lowest BCUT2D eigenvalue weighted by molar-refractivity contribution is 0.627. The maximum atomic E-state index is 13.5. The second kappa shape index (κ2) is 7.72. The van der Waals surface area contributed by atoms with Crippen molar-refractivity contribution in [3.8, 4) is 16.8 Å². The highest BCUT2D eigenvalue weighted by molar-refractivity contribution is 9.10. The van der Waals surface area contributed by atoms with Crippen LogP contribution in [-0.2, 0) is 0 Å². The maximum absolute atomic E-state index is 13.5. The lowest BCUT2D eigenvalue weighted by Gasteiger charge is -2.09. The molecule has 0 bridgehead atoms. The Bertz CT molecular complexity index is 1310. The molecule has 0 saturated carbocycles. The summed E-state index contributed by atoms with van der Waals surface area (Å²) in [4.78, 5) is 9.08. The van der Waals surface area contributed by atoms with Crippen LogP contribution < -0.4 is 5.32 Å². The molecule has 0 aliphatic carbocycles. The Labute approximate surface area is 181 Å². The van der Waals surface area contributed by atoms with Gasteiger partial charge in [-0.2, -0.15) is 0 Å². The van der Waals surface area contributed by atoms with Crippen molar-refractivity contribution in [2.75, 3.05) is 5.32 Å². The Hall–Kier alpha value is -3.51. The summed E-state index contributed by atoms with van der Waals surface area (Å²) in [6.07, 6.45) is 3.56. The van der Waals surface area contributed by atoms with Crippen molar-refractivity contribution in [3.63, 3.8) is 0 Å². The van der Waals surface area contributed by atoms with Gasteiger partial charge in [0.05, 0.1) is 5.39 Å². The molecule has 1 N–H and O–H groups in total. The van der Waals surface area contributed by atoms with E-state index in [0.717, 1.165) is 38.0 Å². The van der Waals surface area contributed by atoms with E-state index in [9.17, 15) is 4.39 Å². The third-order valence-electron chi connectivity index (χ3n) is 4.88. The van der Waals surface area contributed by atoms with E-state index in [1.165, 1.54) is 12.1 Å². The van der Waals surface area contributed by atoms with Gasteiger partial charge in [0.15, 0.2) is 5.65 Å². The van der Waals surface area contributed by atoms with Gasteiger partial charge in [0.1, 0.15) is 18.0 Å². The Morgan fingerprint density at radius 2 is 1.57 bits per heavy atom. The summed E-state index contributed by atoms with van der Waals surface area (Å²) in [6, 6.07) is 24.4. The number of nitrogens with zero attached hydrogens (tertiary/aromatic N) is 3. The number of nitrogens with one attached hydrogen (secondary N) is 1. The average molecular weight is 459 g/mol. The van der Waals surface area contributed by atoms with E-state index in [1.807, 2.05) is 53.2 Å². The minimum absolute atomic E-state index is 0.272. The lowest BCUT2D eigenvalue weighted by atomic mass is 10.1. The zero-order valence-corrected chi connectivity index (χ0v) is 17.3. The number of benzene rings is 3. The molecule has 2 aromatic heterocycles. The highest BCUT2D eigenvalue weighted by Crippen LogP contribution is 2.36. The van der Waals surface area contributed by atoms with E-state index in [-0.39, 0.29) is 5.82 Å². The number of halogens is 2. The second-order valence-electron chi connectivity index (χ2n) is 6.81. The fourth-order valence-corrected chi connectivity index (χ4v) is 3.73. The van der Waals surface area contributed by atoms with Crippen LogP contribution in [0.4, 0.5) is 15.9 Å². The molecule has 0 aliphatic rings. The van der Waals surface area contributed by atoms with Gasteiger partial charge in [0.25, 0.3) is 0 Å². The molecule has 30 heavy (non-hydrogen) atoms. The summed E-state index contributed by atoms with van der Waals surface area (Å²) in [6.45, 7) is 0. The molecule has 5 aromatic rings. The first-order chi connectivity index (χ1) is 14.7. The molecule has 0 fully saturated rings.